The zero-order valence-electron chi connectivity index (χ0n) is 36.9. The molecule has 2 heterocycles. The smallest absolute Gasteiger partial charge is 0.419 e. The number of carbonyl (C=O) groups excluding carboxylic acids is 4. The van der Waals surface area contributed by atoms with Gasteiger partial charge in [0.2, 0.25) is 10.9 Å². The van der Waals surface area contributed by atoms with Gasteiger partial charge in [0.1, 0.15) is 11.0 Å². The highest BCUT2D eigenvalue weighted by atomic mass is 35.5. The molecule has 0 bridgehead atoms. The first-order valence-corrected chi connectivity index (χ1v) is 24.0. The number of fused-ring (bicyclic) bond motifs is 2. The number of aromatic nitrogens is 2. The Morgan fingerprint density at radius 2 is 1.00 bits per heavy atom. The highest BCUT2D eigenvalue weighted by Crippen LogP contribution is 2.31. The van der Waals surface area contributed by atoms with Gasteiger partial charge in [-0.1, -0.05) is 70.7 Å². The second kappa shape index (κ2) is 23.5. The van der Waals surface area contributed by atoms with Crippen LogP contribution in [0.1, 0.15) is 48.9 Å². The lowest BCUT2D eigenvalue weighted by Crippen LogP contribution is -2.44. The first-order valence-electron chi connectivity index (χ1n) is 20.7. The van der Waals surface area contributed by atoms with Crippen molar-refractivity contribution < 1.29 is 37.5 Å². The lowest BCUT2D eigenvalue weighted by molar-refractivity contribution is -0.171. The summed E-state index contributed by atoms with van der Waals surface area (Å²) in [6.45, 7) is 9.68. The summed E-state index contributed by atoms with van der Waals surface area (Å²) < 4.78 is 22.8. The normalized spacial score (nSPS) is 13.5. The number of nitrogens with zero attached hydrogens (tertiary/aromatic N) is 4. The van der Waals surface area contributed by atoms with Crippen LogP contribution in [-0.2, 0) is 41.7 Å². The molecule has 0 aliphatic carbocycles. The first-order chi connectivity index (χ1) is 31.4. The van der Waals surface area contributed by atoms with Crippen molar-refractivity contribution in [2.45, 2.75) is 87.0 Å². The van der Waals surface area contributed by atoms with Crippen molar-refractivity contribution in [1.82, 2.24) is 30.4 Å². The number of thioether (sulfide) groups is 2. The highest BCUT2D eigenvalue weighted by molar-refractivity contribution is 8.00. The molecule has 350 valence electrons. The number of esters is 2. The van der Waals surface area contributed by atoms with E-state index in [1.54, 1.807) is 62.4 Å². The number of benzene rings is 4. The summed E-state index contributed by atoms with van der Waals surface area (Å²) in [7, 11) is 3.85. The Morgan fingerprint density at radius 3 is 1.38 bits per heavy atom. The molecule has 20 heteroatoms. The topological polar surface area (TPSA) is 169 Å². The molecule has 66 heavy (non-hydrogen) atoms. The quantitative estimate of drug-likeness (QED) is 0.0321. The Balaban J connectivity index is 1.13. The molecule has 2 amide bonds. The standard InChI is InChI=1S/C46H48Cl4N6O8S2/c1-25-7-13-35-37(19-25)61-45(53-35)65-43(39(57)51-27(3)15-17-55(5)23-29-9-11-31(47)33(49)21-29)63-41(59)42(60)64-44(66-46-54-36-14-8-26(2)20-38(36)62-46)40(58)52-28(4)16-18-56(6)24-30-10-12-32(48)34(50)22-30/h7-14,19-22,27-28,43-44H,15-18,23-24H2,1-6H3,(H,51,57)(H,52,58). The third-order valence-corrected chi connectivity index (χ3v) is 13.3. The number of oxazole rings is 2. The van der Waals surface area contributed by atoms with E-state index in [1.165, 1.54) is 0 Å². The van der Waals surface area contributed by atoms with Crippen molar-refractivity contribution in [3.05, 3.63) is 115 Å². The molecule has 0 aliphatic rings. The number of ether oxygens (including phenoxy) is 2. The molecule has 2 aromatic heterocycles. The lowest BCUT2D eigenvalue weighted by atomic mass is 10.2. The van der Waals surface area contributed by atoms with Crippen LogP contribution in [0.3, 0.4) is 0 Å². The number of hydrogen-bond acceptors (Lipinski definition) is 14. The fraction of sp³-hybridized carbons (Fsp3) is 0.348. The molecule has 0 fully saturated rings. The van der Waals surface area contributed by atoms with Gasteiger partial charge in [0.25, 0.3) is 22.3 Å². The Morgan fingerprint density at radius 1 is 0.606 bits per heavy atom. The molecular formula is C46H48Cl4N6O8S2. The number of aryl methyl sites for hydroxylation is 2. The second-order valence-electron chi connectivity index (χ2n) is 16.0. The van der Waals surface area contributed by atoms with Crippen molar-refractivity contribution in [3.63, 3.8) is 0 Å². The molecule has 6 aromatic rings. The number of halogens is 4. The second-order valence-corrected chi connectivity index (χ2v) is 19.6. The molecule has 0 saturated carbocycles. The maximum atomic E-state index is 13.9. The van der Waals surface area contributed by atoms with Gasteiger partial charge in [0, 0.05) is 38.3 Å². The maximum absolute atomic E-state index is 13.9. The van der Waals surface area contributed by atoms with Crippen LogP contribution in [0, 0.1) is 13.8 Å². The Kier molecular flexibility index (Phi) is 18.1. The average molecular weight is 1020 g/mol. The van der Waals surface area contributed by atoms with E-state index in [4.69, 9.17) is 64.7 Å². The van der Waals surface area contributed by atoms with Gasteiger partial charge >= 0.3 is 11.9 Å². The van der Waals surface area contributed by atoms with Crippen LogP contribution in [-0.4, -0.2) is 93.7 Å². The van der Waals surface area contributed by atoms with Gasteiger partial charge in [-0.25, -0.2) is 19.6 Å². The van der Waals surface area contributed by atoms with Gasteiger partial charge in [-0.2, -0.15) is 0 Å². The summed E-state index contributed by atoms with van der Waals surface area (Å²) in [5.74, 6) is -4.54. The predicted molar refractivity (Wildman–Crippen MR) is 259 cm³/mol. The molecule has 2 N–H and O–H groups in total. The molecule has 0 aliphatic heterocycles. The van der Waals surface area contributed by atoms with Gasteiger partial charge in [0.15, 0.2) is 11.2 Å². The fourth-order valence-corrected chi connectivity index (χ4v) is 8.72. The molecular weight excluding hydrogens is 970 g/mol. The molecule has 0 spiro atoms. The largest absolute Gasteiger partial charge is 0.432 e. The summed E-state index contributed by atoms with van der Waals surface area (Å²) in [6, 6.07) is 20.8. The first kappa shape index (κ1) is 50.9. The molecule has 0 saturated heterocycles. The van der Waals surface area contributed by atoms with Crippen LogP contribution in [0.4, 0.5) is 0 Å². The maximum Gasteiger partial charge on any atom is 0.419 e. The third-order valence-electron chi connectivity index (χ3n) is 10.0. The molecule has 14 nitrogen and oxygen atoms in total. The minimum atomic E-state index is -1.66. The minimum absolute atomic E-state index is 0.0153. The summed E-state index contributed by atoms with van der Waals surface area (Å²) in [6.07, 6.45) is 1.02. The van der Waals surface area contributed by atoms with Gasteiger partial charge in [-0.05, 0) is 149 Å². The van der Waals surface area contributed by atoms with E-state index in [0.29, 0.717) is 105 Å². The summed E-state index contributed by atoms with van der Waals surface area (Å²) in [5.41, 5.74) is 2.38. The lowest BCUT2D eigenvalue weighted by Gasteiger charge is -2.23. The molecule has 6 rings (SSSR count). The molecule has 4 aromatic carbocycles. The number of carbonyl (C=O) groups is 4. The Bertz CT molecular complexity index is 2520. The van der Waals surface area contributed by atoms with Crippen molar-refractivity contribution in [1.29, 1.82) is 0 Å². The minimum Gasteiger partial charge on any atom is -0.432 e. The van der Waals surface area contributed by atoms with E-state index in [1.807, 2.05) is 52.2 Å². The summed E-state index contributed by atoms with van der Waals surface area (Å²) in [5, 5.41) is 7.60. The number of hydrogen-bond donors (Lipinski definition) is 2. The van der Waals surface area contributed by atoms with Gasteiger partial charge in [-0.15, -0.1) is 0 Å². The van der Waals surface area contributed by atoms with E-state index < -0.39 is 46.7 Å². The zero-order chi connectivity index (χ0) is 47.7. The zero-order valence-corrected chi connectivity index (χ0v) is 41.5. The van der Waals surface area contributed by atoms with Gasteiger partial charge < -0.3 is 38.7 Å². The van der Waals surface area contributed by atoms with Gasteiger partial charge in [0.05, 0.1) is 20.1 Å². The number of rotatable bonds is 20. The third kappa shape index (κ3) is 14.7. The molecule has 4 unspecified atom stereocenters. The number of nitrogens with one attached hydrogen (secondary N) is 2. The van der Waals surface area contributed by atoms with E-state index in [2.05, 4.69) is 30.4 Å². The van der Waals surface area contributed by atoms with E-state index >= 15 is 0 Å². The van der Waals surface area contributed by atoms with Crippen molar-refractivity contribution in [2.75, 3.05) is 27.2 Å². The van der Waals surface area contributed by atoms with Crippen LogP contribution >= 0.6 is 69.9 Å². The Labute approximate surface area is 410 Å². The average Bonchev–Trinajstić information content (AvgIpc) is 3.86. The van der Waals surface area contributed by atoms with E-state index in [9.17, 15) is 19.2 Å². The van der Waals surface area contributed by atoms with Crippen LogP contribution in [0.5, 0.6) is 0 Å². The van der Waals surface area contributed by atoms with Crippen molar-refractivity contribution >= 4 is 116 Å². The van der Waals surface area contributed by atoms with E-state index in [0.717, 1.165) is 22.3 Å². The predicted octanol–water partition coefficient (Wildman–Crippen LogP) is 9.88. The SMILES string of the molecule is Cc1ccc2nc(SC(OC(=O)C(=O)OC(Sc3nc4ccc(C)cc4o3)C(=O)NC(C)CCN(C)Cc3ccc(Cl)c(Cl)c3)C(=O)NC(C)CCN(C)Cc3ccc(Cl)c(Cl)c3)oc2c1. The van der Waals surface area contributed by atoms with Crippen molar-refractivity contribution in [3.8, 4) is 0 Å². The van der Waals surface area contributed by atoms with Crippen LogP contribution < -0.4 is 10.6 Å². The van der Waals surface area contributed by atoms with Crippen LogP contribution in [0.2, 0.25) is 20.1 Å². The Hall–Kier alpha value is -4.52. The molecule has 0 radical (unpaired) electrons. The van der Waals surface area contributed by atoms with Crippen LogP contribution in [0.25, 0.3) is 22.2 Å². The monoisotopic (exact) mass is 1020 g/mol. The van der Waals surface area contributed by atoms with Gasteiger partial charge in [-0.3, -0.25) is 9.59 Å². The van der Waals surface area contributed by atoms with Crippen LogP contribution in [0.15, 0.2) is 92.1 Å². The fourth-order valence-electron chi connectivity index (χ4n) is 6.51. The highest BCUT2D eigenvalue weighted by Gasteiger charge is 2.35. The summed E-state index contributed by atoms with van der Waals surface area (Å²) in [4.78, 5) is 67.9. The summed E-state index contributed by atoms with van der Waals surface area (Å²) >= 11 is 25.9. The van der Waals surface area contributed by atoms with Crippen molar-refractivity contribution in [2.24, 2.45) is 0 Å². The van der Waals surface area contributed by atoms with E-state index in [-0.39, 0.29) is 10.4 Å². The molecule has 4 atom stereocenters. The number of amides is 2.